The molecule has 2 aromatic heterocycles. The molecule has 0 atom stereocenters. The van der Waals surface area contributed by atoms with Gasteiger partial charge in [0.2, 0.25) is 0 Å². The highest BCUT2D eigenvalue weighted by Crippen LogP contribution is 2.42. The molecule has 5 rings (SSSR count). The number of anilines is 1. The highest BCUT2D eigenvalue weighted by atomic mass is 79.9. The van der Waals surface area contributed by atoms with E-state index in [2.05, 4.69) is 21.2 Å². The quantitative estimate of drug-likeness (QED) is 0.227. The lowest BCUT2D eigenvalue weighted by molar-refractivity contribution is -0.0429. The van der Waals surface area contributed by atoms with Crippen LogP contribution in [0.15, 0.2) is 51.4 Å². The van der Waals surface area contributed by atoms with Gasteiger partial charge in [0, 0.05) is 36.9 Å². The Balaban J connectivity index is 1.54. The van der Waals surface area contributed by atoms with Crippen molar-refractivity contribution in [2.24, 2.45) is 0 Å². The standard InChI is InChI=1S/C27H26BrF3N4O4S/c1-3-21-33-23(16-7-6-8-16)24(26(36)32-2)35(21)14-15-11-12-20-18(13-15)22(28)25(39-20)17-9-4-5-10-19(17)34-40(37,38)27(29,30)31/h4-5,9-13,16,34H,3,6-8,14H2,1-2H3,(H,32,36). The minimum absolute atomic E-state index is 0.134. The van der Waals surface area contributed by atoms with E-state index >= 15 is 0 Å². The van der Waals surface area contributed by atoms with Crippen molar-refractivity contribution >= 4 is 48.5 Å². The number of hydrogen-bond donors (Lipinski definition) is 2. The smallest absolute Gasteiger partial charge is 0.455 e. The van der Waals surface area contributed by atoms with Crippen molar-refractivity contribution in [1.82, 2.24) is 14.9 Å². The molecule has 0 spiro atoms. The summed E-state index contributed by atoms with van der Waals surface area (Å²) in [7, 11) is -4.04. The first-order valence-corrected chi connectivity index (χ1v) is 14.9. The van der Waals surface area contributed by atoms with Crippen LogP contribution in [0.5, 0.6) is 0 Å². The molecule has 1 aliphatic carbocycles. The number of furan rings is 1. The second-order valence-electron chi connectivity index (χ2n) is 9.58. The molecule has 0 unspecified atom stereocenters. The first-order chi connectivity index (χ1) is 18.9. The summed E-state index contributed by atoms with van der Waals surface area (Å²) < 4.78 is 72.6. The number of nitrogens with zero attached hydrogens (tertiary/aromatic N) is 2. The summed E-state index contributed by atoms with van der Waals surface area (Å²) in [5.74, 6) is 1.04. The molecule has 1 aliphatic rings. The molecule has 4 aromatic rings. The van der Waals surface area contributed by atoms with Crippen LogP contribution in [0.3, 0.4) is 0 Å². The number of benzene rings is 2. The monoisotopic (exact) mass is 638 g/mol. The van der Waals surface area contributed by atoms with E-state index in [1.807, 2.05) is 23.6 Å². The van der Waals surface area contributed by atoms with Crippen molar-refractivity contribution in [3.63, 3.8) is 0 Å². The van der Waals surface area contributed by atoms with Crippen LogP contribution in [-0.2, 0) is 23.0 Å². The van der Waals surface area contributed by atoms with Crippen LogP contribution in [-0.4, -0.2) is 36.4 Å². The van der Waals surface area contributed by atoms with Gasteiger partial charge in [0.05, 0.1) is 15.9 Å². The molecule has 2 heterocycles. The number of halogens is 4. The maximum atomic E-state index is 13.0. The summed E-state index contributed by atoms with van der Waals surface area (Å²) in [6.45, 7) is 2.36. The van der Waals surface area contributed by atoms with Gasteiger partial charge in [-0.2, -0.15) is 21.6 Å². The molecular weight excluding hydrogens is 613 g/mol. The van der Waals surface area contributed by atoms with E-state index in [9.17, 15) is 26.4 Å². The van der Waals surface area contributed by atoms with Crippen molar-refractivity contribution < 1.29 is 30.8 Å². The number of aryl methyl sites for hydroxylation is 1. The molecule has 2 aromatic carbocycles. The second-order valence-corrected chi connectivity index (χ2v) is 12.0. The zero-order chi connectivity index (χ0) is 28.8. The van der Waals surface area contributed by atoms with E-state index in [-0.39, 0.29) is 28.8 Å². The summed E-state index contributed by atoms with van der Waals surface area (Å²) in [6.07, 6.45) is 3.76. The van der Waals surface area contributed by atoms with Gasteiger partial charge in [-0.3, -0.25) is 9.52 Å². The summed E-state index contributed by atoms with van der Waals surface area (Å²) in [6, 6.07) is 11.1. The number of alkyl halides is 3. The molecule has 40 heavy (non-hydrogen) atoms. The molecule has 0 radical (unpaired) electrons. The largest absolute Gasteiger partial charge is 0.516 e. The maximum Gasteiger partial charge on any atom is 0.516 e. The van der Waals surface area contributed by atoms with Crippen LogP contribution < -0.4 is 10.0 Å². The summed E-state index contributed by atoms with van der Waals surface area (Å²) >= 11 is 3.50. The molecular formula is C27H26BrF3N4O4S. The molecule has 1 fully saturated rings. The molecule has 1 amide bonds. The Kier molecular flexibility index (Phi) is 7.47. The van der Waals surface area contributed by atoms with Gasteiger partial charge in [0.15, 0.2) is 5.76 Å². The van der Waals surface area contributed by atoms with Gasteiger partial charge in [-0.15, -0.1) is 0 Å². The first-order valence-electron chi connectivity index (χ1n) is 12.7. The second kappa shape index (κ2) is 10.6. The Morgan fingerprint density at radius 2 is 1.93 bits per heavy atom. The van der Waals surface area contributed by atoms with E-state index in [1.54, 1.807) is 23.9 Å². The Hall–Kier alpha value is -3.32. The molecule has 0 bridgehead atoms. The van der Waals surface area contributed by atoms with Gasteiger partial charge in [0.1, 0.15) is 17.1 Å². The zero-order valence-corrected chi connectivity index (χ0v) is 24.0. The minimum Gasteiger partial charge on any atom is -0.455 e. The number of fused-ring (bicyclic) bond motifs is 1. The normalized spacial score (nSPS) is 14.3. The number of aromatic nitrogens is 2. The van der Waals surface area contributed by atoms with Crippen LogP contribution in [0.1, 0.15) is 59.7 Å². The highest BCUT2D eigenvalue weighted by Gasteiger charge is 2.46. The summed E-state index contributed by atoms with van der Waals surface area (Å²) in [4.78, 5) is 17.8. The number of rotatable bonds is 8. The van der Waals surface area contributed by atoms with E-state index in [4.69, 9.17) is 9.40 Å². The topological polar surface area (TPSA) is 106 Å². The number of nitrogens with one attached hydrogen (secondary N) is 2. The number of hydrogen-bond acceptors (Lipinski definition) is 5. The van der Waals surface area contributed by atoms with E-state index in [1.165, 1.54) is 18.2 Å². The number of para-hydroxylation sites is 1. The van der Waals surface area contributed by atoms with E-state index in [0.29, 0.717) is 34.1 Å². The summed E-state index contributed by atoms with van der Waals surface area (Å²) in [5.41, 5.74) is -2.93. The fourth-order valence-electron chi connectivity index (χ4n) is 4.83. The van der Waals surface area contributed by atoms with Gasteiger partial charge in [-0.1, -0.05) is 31.5 Å². The molecule has 8 nitrogen and oxygen atoms in total. The van der Waals surface area contributed by atoms with Crippen molar-refractivity contribution in [3.8, 4) is 11.3 Å². The molecule has 0 aliphatic heterocycles. The van der Waals surface area contributed by atoms with Gasteiger partial charge >= 0.3 is 15.5 Å². The number of sulfonamides is 1. The Morgan fingerprint density at radius 3 is 2.55 bits per heavy atom. The van der Waals surface area contributed by atoms with Gasteiger partial charge in [-0.25, -0.2) is 4.98 Å². The van der Waals surface area contributed by atoms with Crippen LogP contribution in [0.25, 0.3) is 22.3 Å². The number of amides is 1. The molecule has 0 saturated heterocycles. The number of carbonyl (C=O) groups is 1. The fraction of sp³-hybridized carbons (Fsp3) is 0.333. The Morgan fingerprint density at radius 1 is 1.20 bits per heavy atom. The third-order valence-corrected chi connectivity index (χ3v) is 8.96. The predicted molar refractivity (Wildman–Crippen MR) is 149 cm³/mol. The molecule has 13 heteroatoms. The zero-order valence-electron chi connectivity index (χ0n) is 21.6. The lowest BCUT2D eigenvalue weighted by atomic mass is 9.82. The lowest BCUT2D eigenvalue weighted by Gasteiger charge is -2.24. The third-order valence-electron chi connectivity index (χ3n) is 7.08. The van der Waals surface area contributed by atoms with Crippen molar-refractivity contribution in [2.45, 2.75) is 50.6 Å². The maximum absolute atomic E-state index is 13.0. The molecule has 2 N–H and O–H groups in total. The summed E-state index contributed by atoms with van der Waals surface area (Å²) in [5, 5.41) is 3.38. The minimum atomic E-state index is -5.64. The molecule has 1 saturated carbocycles. The predicted octanol–water partition coefficient (Wildman–Crippen LogP) is 6.56. The van der Waals surface area contributed by atoms with Crippen LogP contribution in [0, 0.1) is 0 Å². The first kappa shape index (κ1) is 28.2. The average molecular weight is 639 g/mol. The van der Waals surface area contributed by atoms with Crippen molar-refractivity contribution in [2.75, 3.05) is 11.8 Å². The number of carbonyl (C=O) groups excluding carboxylic acids is 1. The fourth-order valence-corrected chi connectivity index (χ4v) is 6.01. The Bertz CT molecular complexity index is 1710. The highest BCUT2D eigenvalue weighted by molar-refractivity contribution is 9.10. The van der Waals surface area contributed by atoms with Crippen molar-refractivity contribution in [3.05, 3.63) is 69.7 Å². The van der Waals surface area contributed by atoms with E-state index in [0.717, 1.165) is 36.3 Å². The van der Waals surface area contributed by atoms with Crippen molar-refractivity contribution in [1.29, 1.82) is 0 Å². The Labute approximate surface area is 237 Å². The third kappa shape index (κ3) is 5.00. The lowest BCUT2D eigenvalue weighted by Crippen LogP contribution is -2.30. The number of imidazole rings is 1. The molecule has 212 valence electrons. The van der Waals surface area contributed by atoms with Gasteiger partial charge in [0.25, 0.3) is 5.91 Å². The van der Waals surface area contributed by atoms with Crippen LogP contribution >= 0.6 is 15.9 Å². The van der Waals surface area contributed by atoms with Crippen LogP contribution in [0.2, 0.25) is 0 Å². The average Bonchev–Trinajstić information content (AvgIpc) is 3.39. The SMILES string of the molecule is CCc1nc(C2CCC2)c(C(=O)NC)n1Cc1ccc2oc(-c3ccccc3NS(=O)(=O)C(F)(F)F)c(Br)c2c1. The van der Waals surface area contributed by atoms with E-state index < -0.39 is 15.5 Å². The van der Waals surface area contributed by atoms with Gasteiger partial charge < -0.3 is 14.3 Å². The van der Waals surface area contributed by atoms with Crippen LogP contribution in [0.4, 0.5) is 18.9 Å². The van der Waals surface area contributed by atoms with Gasteiger partial charge in [-0.05, 0) is 58.6 Å².